The van der Waals surface area contributed by atoms with Gasteiger partial charge in [-0.15, -0.1) is 0 Å². The van der Waals surface area contributed by atoms with Gasteiger partial charge in [-0.25, -0.2) is 0 Å². The average molecular weight is 227 g/mol. The summed E-state index contributed by atoms with van der Waals surface area (Å²) in [6.07, 6.45) is 6.12. The van der Waals surface area contributed by atoms with E-state index in [0.717, 1.165) is 44.4 Å². The van der Waals surface area contributed by atoms with Crippen molar-refractivity contribution >= 4 is 0 Å². The van der Waals surface area contributed by atoms with E-state index in [9.17, 15) is 0 Å². The molecule has 0 amide bonds. The second-order valence-corrected chi connectivity index (χ2v) is 5.47. The molecule has 2 aliphatic rings. The molecule has 1 spiro atoms. The molecule has 0 radical (unpaired) electrons. The number of nitrogens with one attached hydrogen (secondary N) is 1. The normalized spacial score (nSPS) is 30.8. The van der Waals surface area contributed by atoms with E-state index in [-0.39, 0.29) is 5.79 Å². The van der Waals surface area contributed by atoms with Gasteiger partial charge in [0.15, 0.2) is 5.79 Å². The van der Waals surface area contributed by atoms with Crippen LogP contribution >= 0.6 is 0 Å². The van der Waals surface area contributed by atoms with E-state index in [4.69, 9.17) is 9.47 Å². The molecule has 0 bridgehead atoms. The lowest BCUT2D eigenvalue weighted by atomic mass is 9.80. The van der Waals surface area contributed by atoms with Crippen molar-refractivity contribution in [2.75, 3.05) is 26.8 Å². The first-order chi connectivity index (χ1) is 7.74. The van der Waals surface area contributed by atoms with Crippen LogP contribution in [-0.4, -0.2) is 32.6 Å². The zero-order valence-electron chi connectivity index (χ0n) is 10.6. The molecule has 16 heavy (non-hydrogen) atoms. The smallest absolute Gasteiger partial charge is 0.168 e. The fourth-order valence-electron chi connectivity index (χ4n) is 3.27. The lowest BCUT2D eigenvalue weighted by Crippen LogP contribution is -2.37. The molecule has 2 atom stereocenters. The molecule has 3 heteroatoms. The highest BCUT2D eigenvalue weighted by molar-refractivity contribution is 4.84. The maximum atomic E-state index is 5.82. The van der Waals surface area contributed by atoms with Crippen molar-refractivity contribution in [3.8, 4) is 0 Å². The van der Waals surface area contributed by atoms with Gasteiger partial charge in [-0.05, 0) is 38.3 Å². The van der Waals surface area contributed by atoms with Gasteiger partial charge in [0.25, 0.3) is 0 Å². The Kier molecular flexibility index (Phi) is 4.22. The van der Waals surface area contributed by atoms with E-state index in [0.29, 0.717) is 0 Å². The maximum absolute atomic E-state index is 5.82. The van der Waals surface area contributed by atoms with Gasteiger partial charge < -0.3 is 14.8 Å². The van der Waals surface area contributed by atoms with Crippen LogP contribution in [0.2, 0.25) is 0 Å². The molecule has 2 unspecified atom stereocenters. The first-order valence-electron chi connectivity index (χ1n) is 6.66. The number of hydrogen-bond donors (Lipinski definition) is 1. The highest BCUT2D eigenvalue weighted by Crippen LogP contribution is 2.40. The molecule has 3 nitrogen and oxygen atoms in total. The van der Waals surface area contributed by atoms with Crippen molar-refractivity contribution in [1.29, 1.82) is 0 Å². The summed E-state index contributed by atoms with van der Waals surface area (Å²) in [5.41, 5.74) is 0. The van der Waals surface area contributed by atoms with Crippen LogP contribution < -0.4 is 5.32 Å². The number of hydrogen-bond acceptors (Lipinski definition) is 3. The highest BCUT2D eigenvalue weighted by Gasteiger charge is 2.41. The van der Waals surface area contributed by atoms with E-state index < -0.39 is 0 Å². The summed E-state index contributed by atoms with van der Waals surface area (Å²) in [7, 11) is 2.03. The van der Waals surface area contributed by atoms with Crippen molar-refractivity contribution < 1.29 is 9.47 Å². The molecule has 2 rings (SSSR count). The van der Waals surface area contributed by atoms with Gasteiger partial charge in [-0.2, -0.15) is 0 Å². The van der Waals surface area contributed by atoms with Crippen LogP contribution in [0, 0.1) is 11.8 Å². The number of rotatable bonds is 4. The molecule has 0 aromatic rings. The molecule has 1 aliphatic carbocycles. The molecule has 0 aromatic heterocycles. The second kappa shape index (κ2) is 5.48. The molecule has 1 heterocycles. The lowest BCUT2D eigenvalue weighted by Gasteiger charge is -2.37. The predicted molar refractivity (Wildman–Crippen MR) is 64.3 cm³/mol. The van der Waals surface area contributed by atoms with E-state index in [1.165, 1.54) is 19.3 Å². The Morgan fingerprint density at radius 2 is 2.12 bits per heavy atom. The first kappa shape index (κ1) is 12.3. The van der Waals surface area contributed by atoms with Crippen LogP contribution in [0.25, 0.3) is 0 Å². The van der Waals surface area contributed by atoms with Gasteiger partial charge in [-0.1, -0.05) is 13.3 Å². The summed E-state index contributed by atoms with van der Waals surface area (Å²) in [6, 6.07) is 0. The summed E-state index contributed by atoms with van der Waals surface area (Å²) < 4.78 is 11.6. The third-order valence-electron chi connectivity index (χ3n) is 3.87. The largest absolute Gasteiger partial charge is 0.348 e. The Hall–Kier alpha value is -0.120. The Labute approximate surface area is 98.9 Å². The van der Waals surface area contributed by atoms with E-state index in [2.05, 4.69) is 12.2 Å². The third-order valence-corrected chi connectivity index (χ3v) is 3.87. The maximum Gasteiger partial charge on any atom is 0.168 e. The molecular weight excluding hydrogens is 202 g/mol. The van der Waals surface area contributed by atoms with E-state index in [1.54, 1.807) is 0 Å². The van der Waals surface area contributed by atoms with E-state index >= 15 is 0 Å². The van der Waals surface area contributed by atoms with Crippen LogP contribution in [0.5, 0.6) is 0 Å². The molecule has 1 saturated carbocycles. The minimum Gasteiger partial charge on any atom is -0.348 e. The van der Waals surface area contributed by atoms with Gasteiger partial charge >= 0.3 is 0 Å². The Bertz CT molecular complexity index is 214. The van der Waals surface area contributed by atoms with Gasteiger partial charge in [0, 0.05) is 12.8 Å². The van der Waals surface area contributed by atoms with Gasteiger partial charge in [-0.3, -0.25) is 0 Å². The Morgan fingerprint density at radius 1 is 1.38 bits per heavy atom. The van der Waals surface area contributed by atoms with E-state index in [1.807, 2.05) is 7.05 Å². The summed E-state index contributed by atoms with van der Waals surface area (Å²) in [5, 5.41) is 3.26. The predicted octanol–water partition coefficient (Wildman–Crippen LogP) is 2.17. The van der Waals surface area contributed by atoms with Gasteiger partial charge in [0.2, 0.25) is 0 Å². The molecule has 1 N–H and O–H groups in total. The van der Waals surface area contributed by atoms with Gasteiger partial charge in [0.1, 0.15) is 0 Å². The molecule has 2 fully saturated rings. The standard InChI is InChI=1S/C13H25NO2/c1-11(10-14-2)8-12-4-3-5-13(9-12)15-6-7-16-13/h11-12,14H,3-10H2,1-2H3. The molecular formula is C13H25NO2. The topological polar surface area (TPSA) is 30.5 Å². The quantitative estimate of drug-likeness (QED) is 0.798. The minimum absolute atomic E-state index is 0.192. The monoisotopic (exact) mass is 227 g/mol. The molecule has 1 aliphatic heterocycles. The zero-order valence-corrected chi connectivity index (χ0v) is 10.6. The summed E-state index contributed by atoms with van der Waals surface area (Å²) in [6.45, 7) is 5.02. The third kappa shape index (κ3) is 2.96. The average Bonchev–Trinajstić information content (AvgIpc) is 2.66. The molecule has 1 saturated heterocycles. The Morgan fingerprint density at radius 3 is 2.81 bits per heavy atom. The zero-order chi connectivity index (χ0) is 11.4. The second-order valence-electron chi connectivity index (χ2n) is 5.47. The van der Waals surface area contributed by atoms with Crippen LogP contribution in [0.4, 0.5) is 0 Å². The first-order valence-corrected chi connectivity index (χ1v) is 6.66. The van der Waals surface area contributed by atoms with Crippen molar-refractivity contribution in [2.24, 2.45) is 11.8 Å². The highest BCUT2D eigenvalue weighted by atomic mass is 16.7. The van der Waals surface area contributed by atoms with Crippen LogP contribution in [0.1, 0.15) is 39.0 Å². The van der Waals surface area contributed by atoms with Crippen LogP contribution in [0.3, 0.4) is 0 Å². The summed E-state index contributed by atoms with van der Waals surface area (Å²) >= 11 is 0. The fourth-order valence-corrected chi connectivity index (χ4v) is 3.27. The minimum atomic E-state index is -0.192. The Balaban J connectivity index is 1.82. The lowest BCUT2D eigenvalue weighted by molar-refractivity contribution is -0.187. The number of ether oxygens (including phenoxy) is 2. The van der Waals surface area contributed by atoms with Crippen molar-refractivity contribution in [3.63, 3.8) is 0 Å². The molecule has 0 aromatic carbocycles. The SMILES string of the molecule is CNCC(C)CC1CCCC2(C1)OCCO2. The van der Waals surface area contributed by atoms with Crippen molar-refractivity contribution in [1.82, 2.24) is 5.32 Å². The van der Waals surface area contributed by atoms with Crippen LogP contribution in [-0.2, 0) is 9.47 Å². The van der Waals surface area contributed by atoms with Crippen molar-refractivity contribution in [3.05, 3.63) is 0 Å². The summed E-state index contributed by atoms with van der Waals surface area (Å²) in [5.74, 6) is 1.35. The van der Waals surface area contributed by atoms with Crippen molar-refractivity contribution in [2.45, 2.75) is 44.8 Å². The van der Waals surface area contributed by atoms with Gasteiger partial charge in [0.05, 0.1) is 13.2 Å². The fraction of sp³-hybridized carbons (Fsp3) is 1.00. The van der Waals surface area contributed by atoms with Crippen LogP contribution in [0.15, 0.2) is 0 Å². The molecule has 94 valence electrons. The summed E-state index contributed by atoms with van der Waals surface area (Å²) in [4.78, 5) is 0.